The molecule has 0 aliphatic carbocycles. The molecule has 0 saturated heterocycles. The summed E-state index contributed by atoms with van der Waals surface area (Å²) in [7, 11) is 0. The molecule has 6 rings (SSSR count). The summed E-state index contributed by atoms with van der Waals surface area (Å²) in [6.07, 6.45) is 0. The van der Waals surface area contributed by atoms with Crippen LogP contribution in [0.25, 0.3) is 55.0 Å². The van der Waals surface area contributed by atoms with Gasteiger partial charge in [0.1, 0.15) is 28.6 Å². The van der Waals surface area contributed by atoms with E-state index in [1.54, 1.807) is 36.4 Å². The molecule has 0 saturated carbocycles. The highest BCUT2D eigenvalue weighted by Gasteiger charge is 2.24. The van der Waals surface area contributed by atoms with Gasteiger partial charge in [-0.1, -0.05) is 48.5 Å². The number of fused-ring (bicyclic) bond motifs is 6. The summed E-state index contributed by atoms with van der Waals surface area (Å²) in [5, 5.41) is 35.3. The van der Waals surface area contributed by atoms with Crippen molar-refractivity contribution in [3.63, 3.8) is 0 Å². The van der Waals surface area contributed by atoms with E-state index in [4.69, 9.17) is 4.42 Å². The average Bonchev–Trinajstić information content (AvgIpc) is 3.20. The highest BCUT2D eigenvalue weighted by atomic mass is 16.3. The van der Waals surface area contributed by atoms with E-state index in [0.29, 0.717) is 16.9 Å². The lowest BCUT2D eigenvalue weighted by molar-refractivity contribution is 0.474. The Morgan fingerprint density at radius 3 is 2.03 bits per heavy atom. The van der Waals surface area contributed by atoms with Gasteiger partial charge in [-0.15, -0.1) is 0 Å². The summed E-state index contributed by atoms with van der Waals surface area (Å²) < 4.78 is 6.52. The molecular formula is C28H18O4. The van der Waals surface area contributed by atoms with Crippen LogP contribution in [-0.4, -0.2) is 15.3 Å². The molecule has 0 fully saturated rings. The molecule has 0 amide bonds. The molecule has 154 valence electrons. The molecule has 4 heteroatoms. The summed E-state index contributed by atoms with van der Waals surface area (Å²) in [4.78, 5) is 0. The Kier molecular flexibility index (Phi) is 3.89. The summed E-state index contributed by atoms with van der Waals surface area (Å²) in [6, 6.07) is 27.3. The fraction of sp³-hybridized carbons (Fsp3) is 0. The van der Waals surface area contributed by atoms with Crippen LogP contribution in [0.2, 0.25) is 0 Å². The SMILES string of the molecule is Oc1ccc(-c2c(-c3ccccc3O)oc3c4ccccc4c4cc(O)ccc4c23)cc1. The predicted octanol–water partition coefficient (Wildman–Crippen LogP) is 7.19. The second-order valence-electron chi connectivity index (χ2n) is 7.85. The fourth-order valence-corrected chi connectivity index (χ4v) is 4.53. The number of phenolic OH excluding ortho intramolecular Hbond substituents is 3. The van der Waals surface area contributed by atoms with Gasteiger partial charge in [0, 0.05) is 16.3 Å². The highest BCUT2D eigenvalue weighted by molar-refractivity contribution is 6.28. The molecule has 3 N–H and O–H groups in total. The van der Waals surface area contributed by atoms with Crippen LogP contribution in [0.3, 0.4) is 0 Å². The number of phenols is 3. The molecule has 0 spiro atoms. The van der Waals surface area contributed by atoms with Gasteiger partial charge in [-0.2, -0.15) is 0 Å². The van der Waals surface area contributed by atoms with Crippen molar-refractivity contribution in [3.8, 4) is 39.7 Å². The molecule has 1 aromatic heterocycles. The molecule has 1 heterocycles. The van der Waals surface area contributed by atoms with Gasteiger partial charge in [0.2, 0.25) is 0 Å². The third-order valence-corrected chi connectivity index (χ3v) is 5.95. The van der Waals surface area contributed by atoms with Crippen LogP contribution in [-0.2, 0) is 0 Å². The van der Waals surface area contributed by atoms with Crippen LogP contribution in [0.4, 0.5) is 0 Å². The first-order valence-electron chi connectivity index (χ1n) is 10.3. The topological polar surface area (TPSA) is 73.8 Å². The second kappa shape index (κ2) is 6.79. The number of hydrogen-bond donors (Lipinski definition) is 3. The van der Waals surface area contributed by atoms with Crippen molar-refractivity contribution in [1.82, 2.24) is 0 Å². The van der Waals surface area contributed by atoms with Gasteiger partial charge >= 0.3 is 0 Å². The molecule has 32 heavy (non-hydrogen) atoms. The third kappa shape index (κ3) is 2.63. The van der Waals surface area contributed by atoms with E-state index in [2.05, 4.69) is 0 Å². The molecule has 0 bridgehead atoms. The Morgan fingerprint density at radius 1 is 0.562 bits per heavy atom. The van der Waals surface area contributed by atoms with Crippen molar-refractivity contribution in [3.05, 3.63) is 91.0 Å². The molecular weight excluding hydrogens is 400 g/mol. The van der Waals surface area contributed by atoms with Gasteiger partial charge in [0.05, 0.1) is 5.56 Å². The van der Waals surface area contributed by atoms with Crippen LogP contribution in [0.1, 0.15) is 0 Å². The van der Waals surface area contributed by atoms with E-state index in [9.17, 15) is 15.3 Å². The minimum absolute atomic E-state index is 0.123. The zero-order chi connectivity index (χ0) is 21.8. The monoisotopic (exact) mass is 418 g/mol. The Hall–Kier alpha value is -4.44. The number of benzene rings is 5. The van der Waals surface area contributed by atoms with Crippen molar-refractivity contribution in [2.75, 3.05) is 0 Å². The van der Waals surface area contributed by atoms with Gasteiger partial charge in [-0.3, -0.25) is 0 Å². The lowest BCUT2D eigenvalue weighted by Crippen LogP contribution is -1.84. The largest absolute Gasteiger partial charge is 0.508 e. The molecule has 6 aromatic rings. The van der Waals surface area contributed by atoms with Gasteiger partial charge in [0.15, 0.2) is 0 Å². The Morgan fingerprint density at radius 2 is 1.25 bits per heavy atom. The maximum Gasteiger partial charge on any atom is 0.147 e. The first-order valence-corrected chi connectivity index (χ1v) is 10.3. The van der Waals surface area contributed by atoms with E-state index in [-0.39, 0.29) is 17.2 Å². The fourth-order valence-electron chi connectivity index (χ4n) is 4.53. The minimum Gasteiger partial charge on any atom is -0.508 e. The van der Waals surface area contributed by atoms with Crippen molar-refractivity contribution in [2.45, 2.75) is 0 Å². The third-order valence-electron chi connectivity index (χ3n) is 5.95. The first-order chi connectivity index (χ1) is 15.6. The number of aromatic hydroxyl groups is 3. The van der Waals surface area contributed by atoms with Crippen LogP contribution >= 0.6 is 0 Å². The molecule has 4 nitrogen and oxygen atoms in total. The van der Waals surface area contributed by atoms with Gasteiger partial charge in [0.25, 0.3) is 0 Å². The van der Waals surface area contributed by atoms with Crippen LogP contribution < -0.4 is 0 Å². The summed E-state index contributed by atoms with van der Waals surface area (Å²) in [6.45, 7) is 0. The van der Waals surface area contributed by atoms with E-state index in [0.717, 1.165) is 38.1 Å². The summed E-state index contributed by atoms with van der Waals surface area (Å²) in [5.41, 5.74) is 2.97. The van der Waals surface area contributed by atoms with Crippen molar-refractivity contribution in [2.24, 2.45) is 0 Å². The molecule has 0 atom stereocenters. The summed E-state index contributed by atoms with van der Waals surface area (Å²) >= 11 is 0. The molecule has 0 aliphatic heterocycles. The molecule has 0 radical (unpaired) electrons. The number of furan rings is 1. The van der Waals surface area contributed by atoms with Crippen LogP contribution in [0, 0.1) is 0 Å². The van der Waals surface area contributed by atoms with E-state index in [1.807, 2.05) is 54.6 Å². The zero-order valence-electron chi connectivity index (χ0n) is 16.9. The average molecular weight is 418 g/mol. The normalized spacial score (nSPS) is 11.5. The van der Waals surface area contributed by atoms with E-state index >= 15 is 0 Å². The van der Waals surface area contributed by atoms with Crippen molar-refractivity contribution < 1.29 is 19.7 Å². The van der Waals surface area contributed by atoms with Crippen LogP contribution in [0.15, 0.2) is 95.4 Å². The minimum atomic E-state index is 0.123. The molecule has 0 unspecified atom stereocenters. The molecule has 0 aliphatic rings. The zero-order valence-corrected chi connectivity index (χ0v) is 16.9. The lowest BCUT2D eigenvalue weighted by atomic mass is 9.92. The lowest BCUT2D eigenvalue weighted by Gasteiger charge is -2.09. The second-order valence-corrected chi connectivity index (χ2v) is 7.85. The Labute approximate surface area is 183 Å². The van der Waals surface area contributed by atoms with Crippen LogP contribution in [0.5, 0.6) is 17.2 Å². The number of rotatable bonds is 2. The first kappa shape index (κ1) is 18.3. The Bertz CT molecular complexity index is 1640. The molecule has 5 aromatic carbocycles. The highest BCUT2D eigenvalue weighted by Crippen LogP contribution is 2.49. The van der Waals surface area contributed by atoms with Crippen molar-refractivity contribution >= 4 is 32.5 Å². The van der Waals surface area contributed by atoms with Gasteiger partial charge in [-0.25, -0.2) is 0 Å². The maximum atomic E-state index is 10.6. The van der Waals surface area contributed by atoms with Gasteiger partial charge in [-0.05, 0) is 64.2 Å². The maximum absolute atomic E-state index is 10.6. The van der Waals surface area contributed by atoms with Gasteiger partial charge < -0.3 is 19.7 Å². The number of para-hydroxylation sites is 1. The van der Waals surface area contributed by atoms with E-state index in [1.165, 1.54) is 0 Å². The summed E-state index contributed by atoms with van der Waals surface area (Å²) in [5.74, 6) is 1.04. The standard InChI is InChI=1S/C28H18O4/c29-17-11-9-16(10-12-17)25-26-20-14-13-18(30)15-23(20)19-5-1-2-6-21(19)27(26)32-28(25)22-7-3-4-8-24(22)31/h1-15,29-31H. The quantitative estimate of drug-likeness (QED) is 0.260. The smallest absolute Gasteiger partial charge is 0.147 e. The van der Waals surface area contributed by atoms with Crippen molar-refractivity contribution in [1.29, 1.82) is 0 Å². The Balaban J connectivity index is 1.88. The van der Waals surface area contributed by atoms with E-state index < -0.39 is 0 Å². The number of hydrogen-bond acceptors (Lipinski definition) is 4. The predicted molar refractivity (Wildman–Crippen MR) is 127 cm³/mol.